The zero-order chi connectivity index (χ0) is 14.4. The molecule has 19 heavy (non-hydrogen) atoms. The number of benzene rings is 1. The molecule has 0 saturated carbocycles. The number of carbonyl (C=O) groups is 1. The number of aliphatic hydroxyl groups excluding tert-OH is 1. The third kappa shape index (κ3) is 5.30. The molecule has 0 spiro atoms. The van der Waals surface area contributed by atoms with Gasteiger partial charge in [-0.2, -0.15) is 0 Å². The number of rotatable bonds is 6. The van der Waals surface area contributed by atoms with Crippen molar-refractivity contribution in [1.82, 2.24) is 4.90 Å². The Kier molecular flexibility index (Phi) is 6.48. The minimum atomic E-state index is -0.648. The summed E-state index contributed by atoms with van der Waals surface area (Å²) in [7, 11) is 3.21. The van der Waals surface area contributed by atoms with Crippen molar-refractivity contribution in [2.75, 3.05) is 27.3 Å². The van der Waals surface area contributed by atoms with Crippen molar-refractivity contribution in [3.8, 4) is 0 Å². The molecule has 0 aliphatic carbocycles. The minimum Gasteiger partial charge on any atom is -0.389 e. The third-order valence-electron chi connectivity index (χ3n) is 2.92. The summed E-state index contributed by atoms with van der Waals surface area (Å²) in [5.74, 6) is -0.0134. The fourth-order valence-corrected chi connectivity index (χ4v) is 2.29. The molecule has 4 nitrogen and oxygen atoms in total. The average Bonchev–Trinajstić information content (AvgIpc) is 2.32. The molecule has 1 aromatic carbocycles. The second-order valence-electron chi connectivity index (χ2n) is 4.63. The van der Waals surface area contributed by atoms with Crippen LogP contribution in [0.3, 0.4) is 0 Å². The largest absolute Gasteiger partial charge is 0.389 e. The molecule has 0 heterocycles. The number of amides is 1. The zero-order valence-electron chi connectivity index (χ0n) is 11.5. The summed E-state index contributed by atoms with van der Waals surface area (Å²) in [5.41, 5.74) is 2.08. The van der Waals surface area contributed by atoms with E-state index >= 15 is 0 Å². The van der Waals surface area contributed by atoms with E-state index in [2.05, 4.69) is 15.9 Å². The smallest absolute Gasteiger partial charge is 0.226 e. The summed E-state index contributed by atoms with van der Waals surface area (Å²) >= 11 is 3.40. The molecule has 1 amide bonds. The number of nitrogens with zero attached hydrogens (tertiary/aromatic N) is 1. The number of halogens is 1. The van der Waals surface area contributed by atoms with Crippen LogP contribution >= 0.6 is 15.9 Å². The Hall–Kier alpha value is -0.910. The summed E-state index contributed by atoms with van der Waals surface area (Å²) in [6.07, 6.45) is -0.306. The number of hydrogen-bond acceptors (Lipinski definition) is 3. The Bertz CT molecular complexity index is 437. The molecule has 0 aliphatic rings. The standard InChI is InChI=1S/C14H20BrNO3/c1-10-6-12(15)5-4-11(10)7-14(18)16(2)8-13(17)9-19-3/h4-6,13,17H,7-9H2,1-3H3/t13-/m0/s1. The molecule has 0 fully saturated rings. The zero-order valence-corrected chi connectivity index (χ0v) is 13.1. The molecular formula is C14H20BrNO3. The highest BCUT2D eigenvalue weighted by atomic mass is 79.9. The molecule has 0 aromatic heterocycles. The number of likely N-dealkylation sites (N-methyl/N-ethyl adjacent to an activating group) is 1. The van der Waals surface area contributed by atoms with Gasteiger partial charge < -0.3 is 14.7 Å². The van der Waals surface area contributed by atoms with Crippen LogP contribution in [-0.2, 0) is 16.0 Å². The molecule has 0 bridgehead atoms. The average molecular weight is 330 g/mol. The number of methoxy groups -OCH3 is 1. The molecule has 5 heteroatoms. The van der Waals surface area contributed by atoms with E-state index in [9.17, 15) is 9.90 Å². The lowest BCUT2D eigenvalue weighted by molar-refractivity contribution is -0.130. The van der Waals surface area contributed by atoms with Crippen LogP contribution in [0.4, 0.5) is 0 Å². The van der Waals surface area contributed by atoms with Gasteiger partial charge in [0.1, 0.15) is 0 Å². The number of carbonyl (C=O) groups excluding carboxylic acids is 1. The Morgan fingerprint density at radius 3 is 2.79 bits per heavy atom. The van der Waals surface area contributed by atoms with Gasteiger partial charge in [0.25, 0.3) is 0 Å². The predicted molar refractivity (Wildman–Crippen MR) is 78.1 cm³/mol. The van der Waals surface area contributed by atoms with Crippen LogP contribution in [0.25, 0.3) is 0 Å². The number of ether oxygens (including phenoxy) is 1. The highest BCUT2D eigenvalue weighted by Gasteiger charge is 2.14. The van der Waals surface area contributed by atoms with Gasteiger partial charge in [-0.1, -0.05) is 22.0 Å². The molecule has 1 rings (SSSR count). The van der Waals surface area contributed by atoms with Crippen molar-refractivity contribution in [2.24, 2.45) is 0 Å². The van der Waals surface area contributed by atoms with Crippen LogP contribution in [0.5, 0.6) is 0 Å². The first-order chi connectivity index (χ1) is 8.93. The molecule has 106 valence electrons. The van der Waals surface area contributed by atoms with E-state index in [1.165, 1.54) is 12.0 Å². The monoisotopic (exact) mass is 329 g/mol. The van der Waals surface area contributed by atoms with E-state index in [4.69, 9.17) is 4.74 Å². The first-order valence-corrected chi connectivity index (χ1v) is 6.89. The van der Waals surface area contributed by atoms with E-state index in [1.54, 1.807) is 7.05 Å². The Morgan fingerprint density at radius 1 is 1.53 bits per heavy atom. The topological polar surface area (TPSA) is 49.8 Å². The van der Waals surface area contributed by atoms with Crippen LogP contribution in [0.2, 0.25) is 0 Å². The van der Waals surface area contributed by atoms with Crippen LogP contribution in [0.15, 0.2) is 22.7 Å². The maximum absolute atomic E-state index is 12.1. The van der Waals surface area contributed by atoms with Crippen molar-refractivity contribution < 1.29 is 14.6 Å². The van der Waals surface area contributed by atoms with Crippen molar-refractivity contribution in [1.29, 1.82) is 0 Å². The van der Waals surface area contributed by atoms with Crippen LogP contribution in [-0.4, -0.2) is 49.3 Å². The van der Waals surface area contributed by atoms with E-state index in [1.807, 2.05) is 25.1 Å². The molecule has 0 unspecified atom stereocenters. The highest BCUT2D eigenvalue weighted by Crippen LogP contribution is 2.16. The number of aryl methyl sites for hydroxylation is 1. The molecule has 1 aromatic rings. The highest BCUT2D eigenvalue weighted by molar-refractivity contribution is 9.10. The quantitative estimate of drug-likeness (QED) is 0.865. The first-order valence-electron chi connectivity index (χ1n) is 6.10. The fraction of sp³-hybridized carbons (Fsp3) is 0.500. The fourth-order valence-electron chi connectivity index (χ4n) is 1.82. The van der Waals surface area contributed by atoms with Gasteiger partial charge in [0.15, 0.2) is 0 Å². The number of hydrogen-bond donors (Lipinski definition) is 1. The summed E-state index contributed by atoms with van der Waals surface area (Å²) in [4.78, 5) is 13.6. The maximum Gasteiger partial charge on any atom is 0.226 e. The van der Waals surface area contributed by atoms with E-state index in [0.717, 1.165) is 15.6 Å². The van der Waals surface area contributed by atoms with Gasteiger partial charge in [0, 0.05) is 25.2 Å². The van der Waals surface area contributed by atoms with Gasteiger partial charge in [-0.3, -0.25) is 4.79 Å². The van der Waals surface area contributed by atoms with Gasteiger partial charge in [-0.15, -0.1) is 0 Å². The number of aliphatic hydroxyl groups is 1. The van der Waals surface area contributed by atoms with Crippen LogP contribution < -0.4 is 0 Å². The van der Waals surface area contributed by atoms with Gasteiger partial charge >= 0.3 is 0 Å². The van der Waals surface area contributed by atoms with Crippen molar-refractivity contribution in [2.45, 2.75) is 19.4 Å². The molecule has 1 N–H and O–H groups in total. The van der Waals surface area contributed by atoms with Crippen LogP contribution in [0.1, 0.15) is 11.1 Å². The van der Waals surface area contributed by atoms with Gasteiger partial charge in [0.05, 0.1) is 19.1 Å². The van der Waals surface area contributed by atoms with E-state index in [-0.39, 0.29) is 19.1 Å². The summed E-state index contributed by atoms with van der Waals surface area (Å²) < 4.78 is 5.85. The normalized spacial score (nSPS) is 12.3. The summed E-state index contributed by atoms with van der Waals surface area (Å²) in [6, 6.07) is 5.86. The lowest BCUT2D eigenvalue weighted by Gasteiger charge is -2.21. The molecule has 0 saturated heterocycles. The predicted octanol–water partition coefficient (Wildman–Crippen LogP) is 1.77. The van der Waals surface area contributed by atoms with E-state index < -0.39 is 6.10 Å². The molecule has 0 aliphatic heterocycles. The summed E-state index contributed by atoms with van der Waals surface area (Å²) in [6.45, 7) is 2.49. The lowest BCUT2D eigenvalue weighted by Crippen LogP contribution is -2.37. The van der Waals surface area contributed by atoms with Gasteiger partial charge in [-0.25, -0.2) is 0 Å². The molecule has 1 atom stereocenters. The van der Waals surface area contributed by atoms with Crippen molar-refractivity contribution >= 4 is 21.8 Å². The van der Waals surface area contributed by atoms with Crippen LogP contribution in [0, 0.1) is 6.92 Å². The maximum atomic E-state index is 12.1. The second-order valence-corrected chi connectivity index (χ2v) is 5.55. The Morgan fingerprint density at radius 2 is 2.21 bits per heavy atom. The molecule has 0 radical (unpaired) electrons. The third-order valence-corrected chi connectivity index (χ3v) is 3.41. The van der Waals surface area contributed by atoms with E-state index in [0.29, 0.717) is 6.42 Å². The second kappa shape index (κ2) is 7.62. The Labute approximate surface area is 122 Å². The minimum absolute atomic E-state index is 0.0134. The SMILES string of the molecule is COC[C@@H](O)CN(C)C(=O)Cc1ccc(Br)cc1C. The first kappa shape index (κ1) is 16.1. The Balaban J connectivity index is 2.58. The molecular weight excluding hydrogens is 310 g/mol. The van der Waals surface area contributed by atoms with Gasteiger partial charge in [0.2, 0.25) is 5.91 Å². The van der Waals surface area contributed by atoms with Gasteiger partial charge in [-0.05, 0) is 30.2 Å². The van der Waals surface area contributed by atoms with Crippen molar-refractivity contribution in [3.63, 3.8) is 0 Å². The van der Waals surface area contributed by atoms with Crippen molar-refractivity contribution in [3.05, 3.63) is 33.8 Å². The summed E-state index contributed by atoms with van der Waals surface area (Å²) in [5, 5.41) is 9.60. The lowest BCUT2D eigenvalue weighted by atomic mass is 10.1.